The third-order valence-electron chi connectivity index (χ3n) is 6.33. The smallest absolute Gasteiger partial charge is 0.356 e. The summed E-state index contributed by atoms with van der Waals surface area (Å²) in [5.74, 6) is -0.567. The molecule has 1 aromatic carbocycles. The molecule has 170 valence electrons. The molecule has 0 saturated carbocycles. The summed E-state index contributed by atoms with van der Waals surface area (Å²) in [6.07, 6.45) is 2.88. The maximum absolute atomic E-state index is 13.4. The van der Waals surface area contributed by atoms with Crippen molar-refractivity contribution < 1.29 is 18.7 Å². The molecule has 0 amide bonds. The first-order valence-electron chi connectivity index (χ1n) is 11.0. The van der Waals surface area contributed by atoms with Gasteiger partial charge in [-0.2, -0.15) is 0 Å². The Morgan fingerprint density at radius 1 is 1.25 bits per heavy atom. The van der Waals surface area contributed by atoms with Crippen LogP contribution < -0.4 is 10.2 Å². The first kappa shape index (κ1) is 22.2. The Bertz CT molecular complexity index is 1010. The van der Waals surface area contributed by atoms with E-state index in [-0.39, 0.29) is 23.0 Å². The minimum absolute atomic E-state index is 0.0182. The van der Waals surface area contributed by atoms with Crippen LogP contribution >= 0.6 is 0 Å². The molecule has 0 bridgehead atoms. The summed E-state index contributed by atoms with van der Waals surface area (Å²) in [5.41, 5.74) is 2.59. The van der Waals surface area contributed by atoms with Gasteiger partial charge < -0.3 is 25.1 Å². The van der Waals surface area contributed by atoms with Crippen LogP contribution in [-0.4, -0.2) is 49.1 Å². The van der Waals surface area contributed by atoms with Crippen molar-refractivity contribution in [3.8, 4) is 0 Å². The number of carbonyl (C=O) groups excluding carboxylic acids is 1. The van der Waals surface area contributed by atoms with Crippen molar-refractivity contribution in [1.29, 1.82) is 5.41 Å². The van der Waals surface area contributed by atoms with E-state index in [2.05, 4.69) is 15.2 Å². The van der Waals surface area contributed by atoms with Gasteiger partial charge in [-0.3, -0.25) is 0 Å². The average Bonchev–Trinajstić information content (AvgIpc) is 2.78. The summed E-state index contributed by atoms with van der Waals surface area (Å²) in [5, 5.41) is 12.0. The zero-order valence-electron chi connectivity index (χ0n) is 18.7. The predicted molar refractivity (Wildman–Crippen MR) is 122 cm³/mol. The second-order valence-corrected chi connectivity index (χ2v) is 8.71. The largest absolute Gasteiger partial charge is 0.464 e. The predicted octanol–water partition coefficient (Wildman–Crippen LogP) is 4.53. The molecule has 2 aliphatic heterocycles. The molecule has 0 radical (unpaired) electrons. The normalized spacial score (nSPS) is 17.2. The summed E-state index contributed by atoms with van der Waals surface area (Å²) < 4.78 is 24.2. The van der Waals surface area contributed by atoms with Crippen molar-refractivity contribution in [1.82, 2.24) is 4.98 Å². The van der Waals surface area contributed by atoms with Gasteiger partial charge in [0.25, 0.3) is 0 Å². The van der Waals surface area contributed by atoms with Gasteiger partial charge in [-0.1, -0.05) is 13.8 Å². The number of benzene rings is 1. The summed E-state index contributed by atoms with van der Waals surface area (Å²) in [7, 11) is 1.32. The standard InChI is InChI=1S/C24H29FN4O3/c1-15(2)21(26)20-19(29-11-8-24(9-12-29)10-13-32-24)14-18(23(30)31-3)28-22(20)27-17-6-4-16(25)5-7-17/h4-7,14-15,26H,8-13H2,1-3H3,(H,27,28). The molecule has 3 heterocycles. The van der Waals surface area contributed by atoms with Gasteiger partial charge in [0.15, 0.2) is 5.69 Å². The van der Waals surface area contributed by atoms with Crippen molar-refractivity contribution in [2.45, 2.75) is 38.7 Å². The molecule has 4 rings (SSSR count). The molecule has 2 aromatic rings. The molecule has 7 nitrogen and oxygen atoms in total. The summed E-state index contributed by atoms with van der Waals surface area (Å²) >= 11 is 0. The molecule has 8 heteroatoms. The number of piperidine rings is 1. The molecule has 2 fully saturated rings. The first-order valence-corrected chi connectivity index (χ1v) is 11.0. The zero-order valence-corrected chi connectivity index (χ0v) is 18.7. The lowest BCUT2D eigenvalue weighted by molar-refractivity contribution is -0.158. The van der Waals surface area contributed by atoms with Crippen LogP contribution in [0.15, 0.2) is 30.3 Å². The average molecular weight is 441 g/mol. The number of carbonyl (C=O) groups is 1. The van der Waals surface area contributed by atoms with Crippen LogP contribution in [0.5, 0.6) is 0 Å². The summed E-state index contributed by atoms with van der Waals surface area (Å²) in [4.78, 5) is 19.1. The quantitative estimate of drug-likeness (QED) is 0.507. The molecule has 0 unspecified atom stereocenters. The third kappa shape index (κ3) is 4.32. The molecular weight excluding hydrogens is 411 g/mol. The number of nitrogens with one attached hydrogen (secondary N) is 2. The number of ether oxygens (including phenoxy) is 2. The minimum Gasteiger partial charge on any atom is -0.464 e. The lowest BCUT2D eigenvalue weighted by Gasteiger charge is -2.48. The number of aromatic nitrogens is 1. The third-order valence-corrected chi connectivity index (χ3v) is 6.33. The lowest BCUT2D eigenvalue weighted by atomic mass is 9.84. The Morgan fingerprint density at radius 3 is 2.44 bits per heavy atom. The van der Waals surface area contributed by atoms with Crippen LogP contribution in [0.4, 0.5) is 21.6 Å². The number of anilines is 3. The van der Waals surface area contributed by atoms with Crippen LogP contribution in [0.1, 0.15) is 49.2 Å². The monoisotopic (exact) mass is 440 g/mol. The van der Waals surface area contributed by atoms with E-state index in [0.717, 1.165) is 44.6 Å². The number of esters is 1. The second kappa shape index (κ2) is 8.86. The fourth-order valence-electron chi connectivity index (χ4n) is 4.24. The van der Waals surface area contributed by atoms with E-state index < -0.39 is 5.97 Å². The number of halogens is 1. The highest BCUT2D eigenvalue weighted by Crippen LogP contribution is 2.40. The number of rotatable bonds is 6. The molecule has 0 aliphatic carbocycles. The Labute approximate surface area is 187 Å². The zero-order chi connectivity index (χ0) is 22.9. The Morgan fingerprint density at radius 2 is 1.91 bits per heavy atom. The Kier molecular flexibility index (Phi) is 6.15. The first-order chi connectivity index (χ1) is 15.3. The molecule has 2 N–H and O–H groups in total. The number of hydrogen-bond donors (Lipinski definition) is 2. The molecule has 2 aliphatic rings. The fraction of sp³-hybridized carbons (Fsp3) is 0.458. The van der Waals surface area contributed by atoms with E-state index in [4.69, 9.17) is 14.9 Å². The molecule has 2 saturated heterocycles. The van der Waals surface area contributed by atoms with E-state index in [1.807, 2.05) is 13.8 Å². The maximum Gasteiger partial charge on any atom is 0.356 e. The van der Waals surface area contributed by atoms with Crippen LogP contribution in [0.25, 0.3) is 0 Å². The van der Waals surface area contributed by atoms with Crippen LogP contribution in [0, 0.1) is 17.1 Å². The van der Waals surface area contributed by atoms with Gasteiger partial charge in [0.1, 0.15) is 11.6 Å². The molecule has 32 heavy (non-hydrogen) atoms. The Hall–Kier alpha value is -3.00. The van der Waals surface area contributed by atoms with Crippen molar-refractivity contribution in [3.05, 3.63) is 47.4 Å². The van der Waals surface area contributed by atoms with Gasteiger partial charge >= 0.3 is 5.97 Å². The molecule has 0 atom stereocenters. The van der Waals surface area contributed by atoms with E-state index in [1.165, 1.54) is 19.2 Å². The minimum atomic E-state index is -0.549. The lowest BCUT2D eigenvalue weighted by Crippen LogP contribution is -2.52. The van der Waals surface area contributed by atoms with Gasteiger partial charge in [-0.15, -0.1) is 0 Å². The molecule has 1 aromatic heterocycles. The fourth-order valence-corrected chi connectivity index (χ4v) is 4.24. The van der Waals surface area contributed by atoms with Crippen LogP contribution in [0.3, 0.4) is 0 Å². The maximum atomic E-state index is 13.4. The SMILES string of the molecule is COC(=O)c1cc(N2CCC3(CCO3)CC2)c(C(=N)C(C)C)c(Nc2ccc(F)cc2)n1. The van der Waals surface area contributed by atoms with Gasteiger partial charge in [0, 0.05) is 24.5 Å². The van der Waals surface area contributed by atoms with Gasteiger partial charge in [-0.25, -0.2) is 14.2 Å². The number of pyridine rings is 1. The highest BCUT2D eigenvalue weighted by atomic mass is 19.1. The Balaban J connectivity index is 1.79. The number of nitrogens with zero attached hydrogens (tertiary/aromatic N) is 2. The summed E-state index contributed by atoms with van der Waals surface area (Å²) in [6, 6.07) is 7.62. The van der Waals surface area contributed by atoms with Gasteiger partial charge in [-0.05, 0) is 55.5 Å². The highest BCUT2D eigenvalue weighted by Gasteiger charge is 2.41. The van der Waals surface area contributed by atoms with Gasteiger partial charge in [0.05, 0.1) is 30.6 Å². The van der Waals surface area contributed by atoms with Crippen molar-refractivity contribution in [3.63, 3.8) is 0 Å². The van der Waals surface area contributed by atoms with Crippen LogP contribution in [0.2, 0.25) is 0 Å². The van der Waals surface area contributed by atoms with E-state index >= 15 is 0 Å². The summed E-state index contributed by atoms with van der Waals surface area (Å²) in [6.45, 7) is 6.25. The number of hydrogen-bond acceptors (Lipinski definition) is 7. The van der Waals surface area contributed by atoms with E-state index in [9.17, 15) is 9.18 Å². The highest BCUT2D eigenvalue weighted by molar-refractivity contribution is 6.09. The topological polar surface area (TPSA) is 87.5 Å². The van der Waals surface area contributed by atoms with Crippen molar-refractivity contribution in [2.75, 3.05) is 37.0 Å². The van der Waals surface area contributed by atoms with Crippen molar-refractivity contribution in [2.24, 2.45) is 5.92 Å². The van der Waals surface area contributed by atoms with E-state index in [0.29, 0.717) is 22.8 Å². The van der Waals surface area contributed by atoms with Gasteiger partial charge in [0.2, 0.25) is 0 Å². The molecular formula is C24H29FN4O3. The molecule has 1 spiro atoms. The second-order valence-electron chi connectivity index (χ2n) is 8.71. The number of methoxy groups -OCH3 is 1. The van der Waals surface area contributed by atoms with Crippen molar-refractivity contribution >= 4 is 28.9 Å². The van der Waals surface area contributed by atoms with E-state index in [1.54, 1.807) is 18.2 Å². The van der Waals surface area contributed by atoms with Crippen LogP contribution in [-0.2, 0) is 9.47 Å².